The Hall–Kier alpha value is -0.450. The standard InChI is InChI=1S/C10H14BrFN2/c1-14(5-4-13)7-8-6-9(12)2-3-10(8)11/h2-3,6H,4-5,7,13H2,1H3. The summed E-state index contributed by atoms with van der Waals surface area (Å²) in [5.41, 5.74) is 6.37. The molecule has 0 spiro atoms. The van der Waals surface area contributed by atoms with Crippen LogP contribution in [0.4, 0.5) is 4.39 Å². The number of hydrogen-bond acceptors (Lipinski definition) is 2. The first-order chi connectivity index (χ1) is 6.63. The van der Waals surface area contributed by atoms with Crippen LogP contribution in [-0.2, 0) is 6.54 Å². The Balaban J connectivity index is 2.70. The largest absolute Gasteiger partial charge is 0.329 e. The third-order valence-electron chi connectivity index (χ3n) is 1.96. The minimum Gasteiger partial charge on any atom is -0.329 e. The van der Waals surface area contributed by atoms with E-state index in [1.165, 1.54) is 12.1 Å². The fraction of sp³-hybridized carbons (Fsp3) is 0.400. The van der Waals surface area contributed by atoms with Gasteiger partial charge in [0.25, 0.3) is 0 Å². The monoisotopic (exact) mass is 260 g/mol. The molecule has 0 bridgehead atoms. The van der Waals surface area contributed by atoms with E-state index in [1.807, 2.05) is 7.05 Å². The zero-order chi connectivity index (χ0) is 10.6. The third kappa shape index (κ3) is 3.36. The number of likely N-dealkylation sites (N-methyl/N-ethyl adjacent to an activating group) is 1. The highest BCUT2D eigenvalue weighted by molar-refractivity contribution is 9.10. The van der Waals surface area contributed by atoms with E-state index in [-0.39, 0.29) is 5.82 Å². The molecule has 2 N–H and O–H groups in total. The van der Waals surface area contributed by atoms with Crippen LogP contribution in [-0.4, -0.2) is 25.0 Å². The number of nitrogens with zero attached hydrogens (tertiary/aromatic N) is 1. The normalized spacial score (nSPS) is 10.9. The minimum absolute atomic E-state index is 0.204. The maximum absolute atomic E-state index is 12.9. The van der Waals surface area contributed by atoms with Gasteiger partial charge in [-0.25, -0.2) is 4.39 Å². The van der Waals surface area contributed by atoms with E-state index in [2.05, 4.69) is 20.8 Å². The SMILES string of the molecule is CN(CCN)Cc1cc(F)ccc1Br. The number of benzene rings is 1. The van der Waals surface area contributed by atoms with E-state index < -0.39 is 0 Å². The predicted molar refractivity (Wildman–Crippen MR) is 59.5 cm³/mol. The lowest BCUT2D eigenvalue weighted by molar-refractivity contribution is 0.335. The van der Waals surface area contributed by atoms with Crippen LogP contribution in [0.25, 0.3) is 0 Å². The van der Waals surface area contributed by atoms with Crippen molar-refractivity contribution in [3.8, 4) is 0 Å². The van der Waals surface area contributed by atoms with E-state index >= 15 is 0 Å². The highest BCUT2D eigenvalue weighted by Gasteiger charge is 2.04. The summed E-state index contributed by atoms with van der Waals surface area (Å²) in [7, 11) is 1.96. The number of nitrogens with two attached hydrogens (primary N) is 1. The van der Waals surface area contributed by atoms with Crippen LogP contribution in [0.3, 0.4) is 0 Å². The minimum atomic E-state index is -0.204. The van der Waals surface area contributed by atoms with Crippen molar-refractivity contribution in [2.75, 3.05) is 20.1 Å². The first-order valence-electron chi connectivity index (χ1n) is 4.46. The van der Waals surface area contributed by atoms with Gasteiger partial charge in [-0.2, -0.15) is 0 Å². The molecule has 0 saturated carbocycles. The van der Waals surface area contributed by atoms with Gasteiger partial charge in [0.15, 0.2) is 0 Å². The van der Waals surface area contributed by atoms with Gasteiger partial charge in [-0.15, -0.1) is 0 Å². The van der Waals surface area contributed by atoms with Crippen molar-refractivity contribution in [3.05, 3.63) is 34.1 Å². The second kappa shape index (κ2) is 5.44. The van der Waals surface area contributed by atoms with Crippen LogP contribution in [0.1, 0.15) is 5.56 Å². The second-order valence-corrected chi connectivity index (χ2v) is 4.12. The summed E-state index contributed by atoms with van der Waals surface area (Å²) in [6.07, 6.45) is 0. The van der Waals surface area contributed by atoms with Crippen molar-refractivity contribution in [2.45, 2.75) is 6.54 Å². The van der Waals surface area contributed by atoms with Crippen molar-refractivity contribution < 1.29 is 4.39 Å². The molecule has 1 rings (SSSR count). The second-order valence-electron chi connectivity index (χ2n) is 3.26. The Bertz CT molecular complexity index is 304. The van der Waals surface area contributed by atoms with Gasteiger partial charge in [-0.1, -0.05) is 15.9 Å². The molecule has 1 aromatic rings. The number of hydrogen-bond donors (Lipinski definition) is 1. The number of rotatable bonds is 4. The fourth-order valence-corrected chi connectivity index (χ4v) is 1.63. The van der Waals surface area contributed by atoms with E-state index in [9.17, 15) is 4.39 Å². The molecule has 0 aliphatic heterocycles. The van der Waals surface area contributed by atoms with Crippen molar-refractivity contribution in [2.24, 2.45) is 5.73 Å². The molecule has 4 heteroatoms. The highest BCUT2D eigenvalue weighted by atomic mass is 79.9. The average Bonchev–Trinajstić information content (AvgIpc) is 2.12. The van der Waals surface area contributed by atoms with E-state index in [4.69, 9.17) is 5.73 Å². The molecule has 0 aliphatic carbocycles. The molecule has 1 aromatic carbocycles. The maximum atomic E-state index is 12.9. The molecule has 0 aromatic heterocycles. The topological polar surface area (TPSA) is 29.3 Å². The summed E-state index contributed by atoms with van der Waals surface area (Å²) < 4.78 is 13.9. The molecule has 0 unspecified atom stereocenters. The van der Waals surface area contributed by atoms with Crippen LogP contribution in [0, 0.1) is 5.82 Å². The molecule has 0 amide bonds. The molecule has 0 fully saturated rings. The van der Waals surface area contributed by atoms with Crippen molar-refractivity contribution in [1.29, 1.82) is 0 Å². The quantitative estimate of drug-likeness (QED) is 0.898. The van der Waals surface area contributed by atoms with Gasteiger partial charge in [0.05, 0.1) is 0 Å². The molecular weight excluding hydrogens is 247 g/mol. The van der Waals surface area contributed by atoms with Crippen LogP contribution in [0.5, 0.6) is 0 Å². The molecule has 14 heavy (non-hydrogen) atoms. The maximum Gasteiger partial charge on any atom is 0.123 e. The van der Waals surface area contributed by atoms with Crippen LogP contribution in [0.2, 0.25) is 0 Å². The Labute approximate surface area is 92.0 Å². The number of halogens is 2. The lowest BCUT2D eigenvalue weighted by atomic mass is 10.2. The van der Waals surface area contributed by atoms with Crippen molar-refractivity contribution in [1.82, 2.24) is 4.90 Å². The van der Waals surface area contributed by atoms with Gasteiger partial charge in [0.2, 0.25) is 0 Å². The average molecular weight is 261 g/mol. The Morgan fingerprint density at radius 3 is 2.86 bits per heavy atom. The summed E-state index contributed by atoms with van der Waals surface area (Å²) in [6.45, 7) is 2.13. The van der Waals surface area contributed by atoms with Crippen LogP contribution >= 0.6 is 15.9 Å². The van der Waals surface area contributed by atoms with Gasteiger partial charge >= 0.3 is 0 Å². The van der Waals surface area contributed by atoms with Gasteiger partial charge < -0.3 is 10.6 Å². The summed E-state index contributed by atoms with van der Waals surface area (Å²) in [5.74, 6) is -0.204. The van der Waals surface area contributed by atoms with E-state index in [0.29, 0.717) is 13.1 Å². The van der Waals surface area contributed by atoms with Crippen molar-refractivity contribution in [3.63, 3.8) is 0 Å². The molecule has 2 nitrogen and oxygen atoms in total. The molecule has 78 valence electrons. The van der Waals surface area contributed by atoms with Crippen molar-refractivity contribution >= 4 is 15.9 Å². The van der Waals surface area contributed by atoms with Gasteiger partial charge in [0, 0.05) is 24.1 Å². The van der Waals surface area contributed by atoms with Gasteiger partial charge in [-0.05, 0) is 30.8 Å². The third-order valence-corrected chi connectivity index (χ3v) is 2.73. The zero-order valence-corrected chi connectivity index (χ0v) is 9.72. The summed E-state index contributed by atoms with van der Waals surface area (Å²) >= 11 is 3.39. The molecule has 0 aliphatic rings. The summed E-state index contributed by atoms with van der Waals surface area (Å²) in [6, 6.07) is 4.70. The summed E-state index contributed by atoms with van der Waals surface area (Å²) in [5, 5.41) is 0. The Morgan fingerprint density at radius 1 is 1.50 bits per heavy atom. The smallest absolute Gasteiger partial charge is 0.123 e. The first kappa shape index (κ1) is 11.6. The fourth-order valence-electron chi connectivity index (χ4n) is 1.25. The van der Waals surface area contributed by atoms with Crippen LogP contribution < -0.4 is 5.73 Å². The van der Waals surface area contributed by atoms with Gasteiger partial charge in [-0.3, -0.25) is 0 Å². The van der Waals surface area contributed by atoms with Crippen LogP contribution in [0.15, 0.2) is 22.7 Å². The summed E-state index contributed by atoms with van der Waals surface area (Å²) in [4.78, 5) is 2.06. The Kier molecular flexibility index (Phi) is 4.51. The molecule has 0 radical (unpaired) electrons. The van der Waals surface area contributed by atoms with Gasteiger partial charge in [0.1, 0.15) is 5.82 Å². The lowest BCUT2D eigenvalue weighted by Gasteiger charge is -2.16. The van der Waals surface area contributed by atoms with E-state index in [0.717, 1.165) is 16.6 Å². The molecule has 0 saturated heterocycles. The molecule has 0 heterocycles. The Morgan fingerprint density at radius 2 is 2.21 bits per heavy atom. The molecular formula is C10H14BrFN2. The predicted octanol–water partition coefficient (Wildman–Crippen LogP) is 1.98. The van der Waals surface area contributed by atoms with E-state index in [1.54, 1.807) is 6.07 Å². The lowest BCUT2D eigenvalue weighted by Crippen LogP contribution is -2.25. The zero-order valence-electron chi connectivity index (χ0n) is 8.13. The first-order valence-corrected chi connectivity index (χ1v) is 5.25. The molecule has 0 atom stereocenters. The highest BCUT2D eigenvalue weighted by Crippen LogP contribution is 2.18.